The Labute approximate surface area is 183 Å². The molecule has 0 aromatic heterocycles. The van der Waals surface area contributed by atoms with Gasteiger partial charge in [-0.3, -0.25) is 9.69 Å². The van der Waals surface area contributed by atoms with Gasteiger partial charge >= 0.3 is 0 Å². The Bertz CT molecular complexity index is 1170. The Kier molecular flexibility index (Phi) is 6.81. The highest BCUT2D eigenvalue weighted by molar-refractivity contribution is 8.19. The van der Waals surface area contributed by atoms with Crippen molar-refractivity contribution in [3.63, 3.8) is 0 Å². The van der Waals surface area contributed by atoms with E-state index < -0.39 is 21.7 Å². The topological polar surface area (TPSA) is 85.3 Å². The Morgan fingerprint density at radius 3 is 2.48 bits per heavy atom. The summed E-state index contributed by atoms with van der Waals surface area (Å²) in [6.07, 6.45) is 3.06. The Morgan fingerprint density at radius 2 is 1.87 bits per heavy atom. The number of carbonyl (C=O) groups is 1. The average Bonchev–Trinajstić information content (AvgIpc) is 3.03. The highest BCUT2D eigenvalue weighted by Crippen LogP contribution is 2.36. The zero-order valence-corrected chi connectivity index (χ0v) is 18.4. The van der Waals surface area contributed by atoms with E-state index in [2.05, 4.69) is 11.0 Å². The summed E-state index contributed by atoms with van der Waals surface area (Å²) in [4.78, 5) is 14.2. The van der Waals surface area contributed by atoms with Gasteiger partial charge in [0.25, 0.3) is 15.9 Å². The molecule has 0 radical (unpaired) electrons. The molecule has 1 saturated heterocycles. The Balaban J connectivity index is 2.01. The molecule has 1 heterocycles. The molecule has 0 atom stereocenters. The van der Waals surface area contributed by atoms with Gasteiger partial charge in [0.15, 0.2) is 5.17 Å². The van der Waals surface area contributed by atoms with Crippen LogP contribution in [0.1, 0.15) is 5.56 Å². The van der Waals surface area contributed by atoms with Crippen LogP contribution in [-0.2, 0) is 14.8 Å². The monoisotopic (exact) mass is 462 g/mol. The molecule has 10 heteroatoms. The number of methoxy groups -OCH3 is 2. The van der Waals surface area contributed by atoms with E-state index >= 15 is 0 Å². The minimum Gasteiger partial charge on any atom is -0.497 e. The Hall–Kier alpha value is -3.11. The maximum Gasteiger partial charge on any atom is 0.284 e. The summed E-state index contributed by atoms with van der Waals surface area (Å²) in [5.41, 5.74) is 0.611. The van der Waals surface area contributed by atoms with E-state index in [1.807, 2.05) is 0 Å². The summed E-state index contributed by atoms with van der Waals surface area (Å²) in [6.45, 7) is 3.68. The van der Waals surface area contributed by atoms with Crippen molar-refractivity contribution in [2.24, 2.45) is 4.40 Å². The third kappa shape index (κ3) is 4.97. The van der Waals surface area contributed by atoms with Crippen LogP contribution in [0.25, 0.3) is 6.08 Å². The maximum absolute atomic E-state index is 13.1. The summed E-state index contributed by atoms with van der Waals surface area (Å²) >= 11 is 0.915. The van der Waals surface area contributed by atoms with Crippen LogP contribution >= 0.6 is 11.8 Å². The molecule has 0 aliphatic carbocycles. The summed E-state index contributed by atoms with van der Waals surface area (Å²) in [6, 6.07) is 9.41. The molecule has 0 N–H and O–H groups in total. The van der Waals surface area contributed by atoms with Crippen LogP contribution in [0.15, 0.2) is 69.3 Å². The predicted octanol–water partition coefficient (Wildman–Crippen LogP) is 3.69. The van der Waals surface area contributed by atoms with E-state index in [1.165, 1.54) is 25.2 Å². The lowest BCUT2D eigenvalue weighted by Gasteiger charge is -2.12. The molecule has 31 heavy (non-hydrogen) atoms. The molecule has 0 bridgehead atoms. The van der Waals surface area contributed by atoms with Crippen LogP contribution in [0.5, 0.6) is 11.5 Å². The zero-order valence-electron chi connectivity index (χ0n) is 16.7. The van der Waals surface area contributed by atoms with Gasteiger partial charge in [-0.25, -0.2) is 4.39 Å². The van der Waals surface area contributed by atoms with Crippen LogP contribution in [-0.4, -0.2) is 45.2 Å². The lowest BCUT2D eigenvalue weighted by Crippen LogP contribution is -2.29. The molecular formula is C21H19FN2O5S2. The summed E-state index contributed by atoms with van der Waals surface area (Å²) < 4.78 is 52.8. The van der Waals surface area contributed by atoms with Crippen molar-refractivity contribution in [2.45, 2.75) is 4.90 Å². The van der Waals surface area contributed by atoms with Gasteiger partial charge in [0.2, 0.25) is 0 Å². The number of hydrogen-bond donors (Lipinski definition) is 0. The Morgan fingerprint density at radius 1 is 1.16 bits per heavy atom. The summed E-state index contributed by atoms with van der Waals surface area (Å²) in [7, 11) is -1.13. The number of ether oxygens (including phenoxy) is 2. The maximum atomic E-state index is 13.1. The molecule has 0 spiro atoms. The molecular weight excluding hydrogens is 443 g/mol. The molecule has 3 rings (SSSR count). The quantitative estimate of drug-likeness (QED) is 0.461. The lowest BCUT2D eigenvalue weighted by atomic mass is 10.1. The molecule has 1 aliphatic rings. The second-order valence-electron chi connectivity index (χ2n) is 6.23. The first kappa shape index (κ1) is 22.6. The van der Waals surface area contributed by atoms with Crippen LogP contribution < -0.4 is 9.47 Å². The molecule has 7 nitrogen and oxygen atoms in total. The highest BCUT2D eigenvalue weighted by Gasteiger charge is 2.34. The van der Waals surface area contributed by atoms with Crippen LogP contribution in [0.3, 0.4) is 0 Å². The fourth-order valence-electron chi connectivity index (χ4n) is 2.71. The molecule has 162 valence electrons. The number of thioether (sulfide) groups is 1. The van der Waals surface area contributed by atoms with E-state index in [9.17, 15) is 17.6 Å². The first-order valence-corrected chi connectivity index (χ1v) is 11.2. The molecule has 0 saturated carbocycles. The largest absolute Gasteiger partial charge is 0.497 e. The predicted molar refractivity (Wildman–Crippen MR) is 118 cm³/mol. The third-order valence-corrected chi connectivity index (χ3v) is 6.64. The van der Waals surface area contributed by atoms with Crippen molar-refractivity contribution in [2.75, 3.05) is 20.8 Å². The van der Waals surface area contributed by atoms with Gasteiger partial charge in [-0.15, -0.1) is 11.0 Å². The van der Waals surface area contributed by atoms with Gasteiger partial charge in [-0.2, -0.15) is 8.42 Å². The van der Waals surface area contributed by atoms with Crippen molar-refractivity contribution in [1.29, 1.82) is 0 Å². The van der Waals surface area contributed by atoms with E-state index in [0.29, 0.717) is 17.1 Å². The van der Waals surface area contributed by atoms with Gasteiger partial charge in [0.05, 0.1) is 24.0 Å². The first-order chi connectivity index (χ1) is 14.8. The molecule has 1 aliphatic heterocycles. The highest BCUT2D eigenvalue weighted by atomic mass is 32.2. The lowest BCUT2D eigenvalue weighted by molar-refractivity contribution is -0.121. The van der Waals surface area contributed by atoms with Crippen LogP contribution in [0.4, 0.5) is 4.39 Å². The van der Waals surface area contributed by atoms with Crippen molar-refractivity contribution in [1.82, 2.24) is 4.90 Å². The van der Waals surface area contributed by atoms with Gasteiger partial charge in [-0.05, 0) is 54.2 Å². The number of benzene rings is 2. The average molecular weight is 463 g/mol. The minimum absolute atomic E-state index is 0.0204. The second kappa shape index (κ2) is 9.36. The van der Waals surface area contributed by atoms with E-state index in [1.54, 1.807) is 24.3 Å². The summed E-state index contributed by atoms with van der Waals surface area (Å²) in [5.74, 6) is 0.0879. The third-order valence-electron chi connectivity index (χ3n) is 4.24. The van der Waals surface area contributed by atoms with Crippen LogP contribution in [0.2, 0.25) is 0 Å². The van der Waals surface area contributed by atoms with Crippen LogP contribution in [0, 0.1) is 5.82 Å². The number of halogens is 1. The number of rotatable bonds is 7. The molecule has 2 aromatic rings. The standard InChI is InChI=1S/C21H19FN2O5S2/c1-4-11-24-20(25)19(12-14-5-8-16(28-2)13-18(14)29-3)30-21(24)23-31(26,27)17-9-6-15(22)7-10-17/h4-10,12-13H,1,11H2,2-3H3. The van der Waals surface area contributed by atoms with E-state index in [0.717, 1.165) is 36.0 Å². The SMILES string of the molecule is C=CCN1C(=O)C(=Cc2ccc(OC)cc2OC)SC1=NS(=O)(=O)c1ccc(F)cc1. The van der Waals surface area contributed by atoms with Gasteiger partial charge in [0, 0.05) is 18.2 Å². The van der Waals surface area contributed by atoms with Crippen molar-refractivity contribution in [3.05, 3.63) is 71.4 Å². The molecule has 1 fully saturated rings. The van der Waals surface area contributed by atoms with Crippen molar-refractivity contribution < 1.29 is 27.1 Å². The second-order valence-corrected chi connectivity index (χ2v) is 8.84. The van der Waals surface area contributed by atoms with Gasteiger partial charge in [-0.1, -0.05) is 6.08 Å². The molecule has 0 unspecified atom stereocenters. The van der Waals surface area contributed by atoms with Crippen molar-refractivity contribution >= 4 is 38.9 Å². The number of sulfonamides is 1. The molecule has 1 amide bonds. The number of hydrogen-bond acceptors (Lipinski definition) is 6. The normalized spacial score (nSPS) is 16.7. The number of amidine groups is 1. The fraction of sp³-hybridized carbons (Fsp3) is 0.143. The van der Waals surface area contributed by atoms with Crippen molar-refractivity contribution in [3.8, 4) is 11.5 Å². The number of nitrogens with zero attached hydrogens (tertiary/aromatic N) is 2. The van der Waals surface area contributed by atoms with Gasteiger partial charge < -0.3 is 9.47 Å². The molecule has 2 aromatic carbocycles. The van der Waals surface area contributed by atoms with Gasteiger partial charge in [0.1, 0.15) is 17.3 Å². The smallest absolute Gasteiger partial charge is 0.284 e. The van der Waals surface area contributed by atoms with E-state index in [4.69, 9.17) is 9.47 Å². The number of amides is 1. The summed E-state index contributed by atoms with van der Waals surface area (Å²) in [5, 5.41) is -0.0204. The zero-order chi connectivity index (χ0) is 22.6. The minimum atomic E-state index is -4.15. The fourth-order valence-corrected chi connectivity index (χ4v) is 4.89. The first-order valence-electron chi connectivity index (χ1n) is 8.94. The number of carbonyl (C=O) groups excluding carboxylic acids is 1. The van der Waals surface area contributed by atoms with E-state index in [-0.39, 0.29) is 21.5 Å².